The summed E-state index contributed by atoms with van der Waals surface area (Å²) in [7, 11) is 1.50. The Balaban J connectivity index is 2.82. The molecule has 90 valence electrons. The lowest BCUT2D eigenvalue weighted by atomic mass is 10.1. The molecule has 0 bridgehead atoms. The van der Waals surface area contributed by atoms with Crippen molar-refractivity contribution in [2.45, 2.75) is 13.1 Å². The van der Waals surface area contributed by atoms with E-state index in [9.17, 15) is 13.2 Å². The fourth-order valence-electron chi connectivity index (χ4n) is 1.24. The van der Waals surface area contributed by atoms with Gasteiger partial charge < -0.3 is 9.47 Å². The van der Waals surface area contributed by atoms with Gasteiger partial charge in [0.05, 0.1) is 12.2 Å². The average Bonchev–Trinajstić information content (AvgIpc) is 2.19. The molecule has 1 aromatic carbocycles. The molecule has 0 radical (unpaired) electrons. The number of methoxy groups -OCH3 is 1. The Morgan fingerprint density at radius 2 is 1.88 bits per heavy atom. The summed E-state index contributed by atoms with van der Waals surface area (Å²) in [4.78, 5) is 0. The van der Waals surface area contributed by atoms with E-state index in [-0.39, 0.29) is 17.9 Å². The third-order valence-electron chi connectivity index (χ3n) is 2.07. The highest BCUT2D eigenvalue weighted by Gasteiger charge is 2.32. The molecule has 0 aliphatic heterocycles. The second-order valence-electron chi connectivity index (χ2n) is 3.32. The summed E-state index contributed by atoms with van der Waals surface area (Å²) in [6.07, 6.45) is -4.34. The Morgan fingerprint density at radius 3 is 2.44 bits per heavy atom. The van der Waals surface area contributed by atoms with Crippen LogP contribution >= 0.6 is 0 Å². The molecule has 0 heterocycles. The average molecular weight is 234 g/mol. The van der Waals surface area contributed by atoms with Crippen LogP contribution in [0.4, 0.5) is 13.2 Å². The van der Waals surface area contributed by atoms with Crippen molar-refractivity contribution in [1.82, 2.24) is 0 Å². The van der Waals surface area contributed by atoms with E-state index >= 15 is 0 Å². The highest BCUT2D eigenvalue weighted by atomic mass is 19.4. The summed E-state index contributed by atoms with van der Waals surface area (Å²) in [6.45, 7) is 1.99. The molecular weight excluding hydrogens is 221 g/mol. The molecule has 0 atom stereocenters. The van der Waals surface area contributed by atoms with Gasteiger partial charge in [-0.15, -0.1) is 0 Å². The number of alkyl halides is 3. The lowest BCUT2D eigenvalue weighted by Crippen LogP contribution is -2.09. The summed E-state index contributed by atoms with van der Waals surface area (Å²) in [5.74, 6) is 0.204. The molecule has 5 heteroatoms. The zero-order valence-electron chi connectivity index (χ0n) is 9.10. The van der Waals surface area contributed by atoms with Crippen molar-refractivity contribution in [2.24, 2.45) is 0 Å². The Labute approximate surface area is 92.0 Å². The number of rotatable bonds is 4. The minimum Gasteiger partial charge on any atom is -0.491 e. The van der Waals surface area contributed by atoms with Gasteiger partial charge in [0, 0.05) is 7.11 Å². The van der Waals surface area contributed by atoms with Crippen LogP contribution in [0.1, 0.15) is 11.1 Å². The number of halogens is 3. The van der Waals surface area contributed by atoms with Crippen molar-refractivity contribution in [3.63, 3.8) is 0 Å². The maximum atomic E-state index is 12.5. The third kappa shape index (κ3) is 3.41. The van der Waals surface area contributed by atoms with E-state index < -0.39 is 11.7 Å². The Bertz CT molecular complexity index is 348. The largest absolute Gasteiger partial charge is 0.491 e. The molecule has 0 aliphatic carbocycles. The normalized spacial score (nSPS) is 11.6. The van der Waals surface area contributed by atoms with Crippen LogP contribution in [0.15, 0.2) is 18.2 Å². The Hall–Kier alpha value is -1.23. The van der Waals surface area contributed by atoms with Crippen LogP contribution in [0, 0.1) is 6.92 Å². The summed E-state index contributed by atoms with van der Waals surface area (Å²) >= 11 is 0. The molecule has 0 aliphatic rings. The monoisotopic (exact) mass is 234 g/mol. The van der Waals surface area contributed by atoms with E-state index in [1.165, 1.54) is 26.2 Å². The van der Waals surface area contributed by atoms with Crippen LogP contribution in [-0.2, 0) is 10.9 Å². The van der Waals surface area contributed by atoms with Gasteiger partial charge in [-0.1, -0.05) is 6.07 Å². The van der Waals surface area contributed by atoms with Gasteiger partial charge in [-0.25, -0.2) is 0 Å². The molecular formula is C11H13F3O2. The molecule has 0 saturated carbocycles. The van der Waals surface area contributed by atoms with Gasteiger partial charge in [-0.05, 0) is 24.6 Å². The summed E-state index contributed by atoms with van der Waals surface area (Å²) in [5, 5.41) is 0. The fraction of sp³-hybridized carbons (Fsp3) is 0.455. The molecule has 1 aromatic rings. The van der Waals surface area contributed by atoms with Crippen LogP contribution < -0.4 is 4.74 Å². The molecule has 0 N–H and O–H groups in total. The number of benzene rings is 1. The predicted molar refractivity (Wildman–Crippen MR) is 53.6 cm³/mol. The first kappa shape index (κ1) is 12.8. The topological polar surface area (TPSA) is 18.5 Å². The van der Waals surface area contributed by atoms with Crippen molar-refractivity contribution >= 4 is 0 Å². The van der Waals surface area contributed by atoms with Crippen LogP contribution in [0.3, 0.4) is 0 Å². The molecule has 0 unspecified atom stereocenters. The second-order valence-corrected chi connectivity index (χ2v) is 3.32. The molecule has 16 heavy (non-hydrogen) atoms. The summed E-state index contributed by atoms with van der Waals surface area (Å²) in [5.41, 5.74) is -0.478. The maximum absolute atomic E-state index is 12.5. The van der Waals surface area contributed by atoms with Crippen LogP contribution in [0.2, 0.25) is 0 Å². The first-order valence-corrected chi connectivity index (χ1v) is 4.74. The van der Waals surface area contributed by atoms with Crippen molar-refractivity contribution in [3.05, 3.63) is 29.3 Å². The van der Waals surface area contributed by atoms with Gasteiger partial charge in [0.15, 0.2) is 0 Å². The standard InChI is InChI=1S/C11H13F3O2/c1-8-3-4-9(16-6-5-15-2)7-10(8)11(12,13)14/h3-4,7H,5-6H2,1-2H3. The van der Waals surface area contributed by atoms with E-state index in [1.807, 2.05) is 0 Å². The van der Waals surface area contributed by atoms with Gasteiger partial charge in [0.25, 0.3) is 0 Å². The van der Waals surface area contributed by atoms with Crippen LogP contribution in [-0.4, -0.2) is 20.3 Å². The molecule has 1 rings (SSSR count). The predicted octanol–water partition coefficient (Wildman–Crippen LogP) is 3.04. The first-order valence-electron chi connectivity index (χ1n) is 4.74. The minimum absolute atomic E-state index is 0.187. The zero-order chi connectivity index (χ0) is 12.2. The molecule has 0 aromatic heterocycles. The number of hydrogen-bond acceptors (Lipinski definition) is 2. The van der Waals surface area contributed by atoms with E-state index in [1.54, 1.807) is 0 Å². The molecule has 0 amide bonds. The van der Waals surface area contributed by atoms with Gasteiger partial charge in [0.2, 0.25) is 0 Å². The van der Waals surface area contributed by atoms with E-state index in [0.717, 1.165) is 6.07 Å². The fourth-order valence-corrected chi connectivity index (χ4v) is 1.24. The van der Waals surface area contributed by atoms with Crippen LogP contribution in [0.5, 0.6) is 5.75 Å². The third-order valence-corrected chi connectivity index (χ3v) is 2.07. The maximum Gasteiger partial charge on any atom is 0.416 e. The highest BCUT2D eigenvalue weighted by Crippen LogP contribution is 2.33. The van der Waals surface area contributed by atoms with Crippen molar-refractivity contribution in [2.75, 3.05) is 20.3 Å². The Kier molecular flexibility index (Phi) is 4.18. The smallest absolute Gasteiger partial charge is 0.416 e. The lowest BCUT2D eigenvalue weighted by molar-refractivity contribution is -0.138. The van der Waals surface area contributed by atoms with E-state index in [4.69, 9.17) is 9.47 Å². The van der Waals surface area contributed by atoms with Crippen LogP contribution in [0.25, 0.3) is 0 Å². The SMILES string of the molecule is COCCOc1ccc(C)c(C(F)(F)F)c1. The number of hydrogen-bond donors (Lipinski definition) is 0. The lowest BCUT2D eigenvalue weighted by Gasteiger charge is -2.12. The first-order chi connectivity index (χ1) is 7.45. The molecule has 0 saturated heterocycles. The second kappa shape index (κ2) is 5.21. The minimum atomic E-state index is -4.34. The zero-order valence-corrected chi connectivity index (χ0v) is 9.10. The molecule has 0 spiro atoms. The summed E-state index contributed by atoms with van der Waals surface area (Å²) < 4.78 is 47.5. The number of ether oxygens (including phenoxy) is 2. The van der Waals surface area contributed by atoms with E-state index in [2.05, 4.69) is 0 Å². The quantitative estimate of drug-likeness (QED) is 0.745. The summed E-state index contributed by atoms with van der Waals surface area (Å²) in [6, 6.07) is 3.91. The van der Waals surface area contributed by atoms with Crippen molar-refractivity contribution < 1.29 is 22.6 Å². The van der Waals surface area contributed by atoms with E-state index in [0.29, 0.717) is 6.61 Å². The molecule has 2 nitrogen and oxygen atoms in total. The van der Waals surface area contributed by atoms with Gasteiger partial charge >= 0.3 is 6.18 Å². The Morgan fingerprint density at radius 1 is 1.19 bits per heavy atom. The highest BCUT2D eigenvalue weighted by molar-refractivity contribution is 5.36. The van der Waals surface area contributed by atoms with Crippen molar-refractivity contribution in [3.8, 4) is 5.75 Å². The van der Waals surface area contributed by atoms with Gasteiger partial charge in [-0.2, -0.15) is 13.2 Å². The molecule has 0 fully saturated rings. The van der Waals surface area contributed by atoms with Gasteiger partial charge in [-0.3, -0.25) is 0 Å². The van der Waals surface area contributed by atoms with Gasteiger partial charge in [0.1, 0.15) is 12.4 Å². The number of aryl methyl sites for hydroxylation is 1. The van der Waals surface area contributed by atoms with Crippen molar-refractivity contribution in [1.29, 1.82) is 0 Å².